The van der Waals surface area contributed by atoms with E-state index in [0.717, 1.165) is 0 Å². The Morgan fingerprint density at radius 3 is 2.07 bits per heavy atom. The van der Waals surface area contributed by atoms with Gasteiger partial charge in [0.25, 0.3) is 5.69 Å². The number of non-ortho nitro benzene ring substituents is 1. The maximum absolute atomic E-state index is 12.9. The topological polar surface area (TPSA) is 43.1 Å². The third-order valence-electron chi connectivity index (χ3n) is 2.11. The molecule has 78 valence electrons. The first-order valence-electron chi connectivity index (χ1n) is 3.98. The molecule has 1 aromatic rings. The molecule has 2 rings (SSSR count). The average Bonchev–Trinajstić information content (AvgIpc) is 2.66. The van der Waals surface area contributed by atoms with Gasteiger partial charge in [-0.15, -0.1) is 0 Å². The van der Waals surface area contributed by atoms with Crippen molar-refractivity contribution < 1.29 is 13.7 Å². The van der Waals surface area contributed by atoms with E-state index in [-0.39, 0.29) is 14.8 Å². The molecule has 0 atom stereocenters. The summed E-state index contributed by atoms with van der Waals surface area (Å²) in [6, 6.07) is 5.13. The second-order valence-corrected chi connectivity index (χ2v) is 4.15. The molecule has 0 aliphatic heterocycles. The SMILES string of the molecule is O=[N+]([O-])c1ccc(C2=C(I)C2(F)F)cc1. The molecular weight excluding hydrogens is 319 g/mol. The van der Waals surface area contributed by atoms with Crippen LogP contribution >= 0.6 is 22.6 Å². The lowest BCUT2D eigenvalue weighted by Gasteiger charge is -1.97. The van der Waals surface area contributed by atoms with E-state index in [9.17, 15) is 18.9 Å². The molecule has 0 unspecified atom stereocenters. The summed E-state index contributed by atoms with van der Waals surface area (Å²) in [6.07, 6.45) is 0. The fourth-order valence-corrected chi connectivity index (χ4v) is 2.05. The van der Waals surface area contributed by atoms with Gasteiger partial charge in [-0.1, -0.05) is 0 Å². The molecule has 0 saturated carbocycles. The van der Waals surface area contributed by atoms with Gasteiger partial charge in [0.05, 0.1) is 8.50 Å². The number of rotatable bonds is 2. The predicted molar refractivity (Wildman–Crippen MR) is 59.0 cm³/mol. The lowest BCUT2D eigenvalue weighted by molar-refractivity contribution is -0.384. The van der Waals surface area contributed by atoms with Gasteiger partial charge < -0.3 is 0 Å². The van der Waals surface area contributed by atoms with Crippen LogP contribution < -0.4 is 0 Å². The first-order chi connectivity index (χ1) is 6.94. The lowest BCUT2D eigenvalue weighted by Crippen LogP contribution is -1.95. The highest BCUT2D eigenvalue weighted by atomic mass is 127. The number of nitrogens with zero attached hydrogens (tertiary/aromatic N) is 1. The van der Waals surface area contributed by atoms with Crippen LogP contribution in [0.2, 0.25) is 0 Å². The van der Waals surface area contributed by atoms with Gasteiger partial charge in [-0.3, -0.25) is 10.1 Å². The van der Waals surface area contributed by atoms with Gasteiger partial charge in [0.1, 0.15) is 0 Å². The van der Waals surface area contributed by atoms with Crippen molar-refractivity contribution in [2.75, 3.05) is 0 Å². The van der Waals surface area contributed by atoms with Crippen LogP contribution in [0, 0.1) is 10.1 Å². The van der Waals surface area contributed by atoms with Gasteiger partial charge in [0.2, 0.25) is 0 Å². The zero-order chi connectivity index (χ0) is 11.2. The highest BCUT2D eigenvalue weighted by molar-refractivity contribution is 14.1. The molecule has 0 N–H and O–H groups in total. The van der Waals surface area contributed by atoms with Crippen molar-refractivity contribution in [2.24, 2.45) is 0 Å². The number of allylic oxidation sites excluding steroid dienone is 2. The summed E-state index contributed by atoms with van der Waals surface area (Å²) in [4.78, 5) is 9.77. The van der Waals surface area contributed by atoms with Crippen molar-refractivity contribution in [1.82, 2.24) is 0 Å². The van der Waals surface area contributed by atoms with Gasteiger partial charge in [-0.05, 0) is 40.3 Å². The van der Waals surface area contributed by atoms with Crippen LogP contribution in [0.15, 0.2) is 27.8 Å². The Hall–Kier alpha value is -1.05. The van der Waals surface area contributed by atoms with E-state index in [1.54, 1.807) is 22.6 Å². The van der Waals surface area contributed by atoms with Crippen molar-refractivity contribution in [3.8, 4) is 0 Å². The quantitative estimate of drug-likeness (QED) is 0.476. The normalized spacial score (nSPS) is 17.8. The molecule has 0 amide bonds. The maximum Gasteiger partial charge on any atom is 0.306 e. The van der Waals surface area contributed by atoms with Crippen LogP contribution in [-0.4, -0.2) is 10.8 Å². The molecule has 0 saturated heterocycles. The molecule has 0 fully saturated rings. The zero-order valence-electron chi connectivity index (χ0n) is 7.21. The molecular formula is C9H4F2INO2. The molecule has 6 heteroatoms. The Balaban J connectivity index is 2.31. The second-order valence-electron chi connectivity index (χ2n) is 3.07. The van der Waals surface area contributed by atoms with Crippen LogP contribution in [0.3, 0.4) is 0 Å². The number of nitro benzene ring substituents is 1. The number of alkyl halides is 2. The molecule has 1 aliphatic carbocycles. The van der Waals surface area contributed by atoms with E-state index < -0.39 is 10.8 Å². The van der Waals surface area contributed by atoms with E-state index in [1.807, 2.05) is 0 Å². The second kappa shape index (κ2) is 3.22. The zero-order valence-corrected chi connectivity index (χ0v) is 9.36. The van der Waals surface area contributed by atoms with E-state index in [2.05, 4.69) is 0 Å². The van der Waals surface area contributed by atoms with Crippen LogP contribution in [0.25, 0.3) is 5.57 Å². The van der Waals surface area contributed by atoms with Crippen molar-refractivity contribution in [2.45, 2.75) is 5.92 Å². The summed E-state index contributed by atoms with van der Waals surface area (Å²) >= 11 is 1.58. The van der Waals surface area contributed by atoms with Crippen LogP contribution in [-0.2, 0) is 0 Å². The van der Waals surface area contributed by atoms with Gasteiger partial charge in [0.15, 0.2) is 0 Å². The first-order valence-corrected chi connectivity index (χ1v) is 5.06. The summed E-state index contributed by atoms with van der Waals surface area (Å²) in [7, 11) is 0. The minimum atomic E-state index is -2.84. The van der Waals surface area contributed by atoms with E-state index in [1.165, 1.54) is 24.3 Å². The Morgan fingerprint density at radius 2 is 1.73 bits per heavy atom. The molecule has 0 bridgehead atoms. The fourth-order valence-electron chi connectivity index (χ4n) is 1.27. The number of halogens is 3. The standard InChI is InChI=1S/C9H4F2INO2/c10-9(11)7(8(9)12)5-1-3-6(4-2-5)13(14)15/h1-4H. The predicted octanol–water partition coefficient (Wildman–Crippen LogP) is 3.39. The molecule has 0 heterocycles. The summed E-state index contributed by atoms with van der Waals surface area (Å²) in [5, 5.41) is 10.3. The molecule has 0 aromatic heterocycles. The molecule has 0 spiro atoms. The largest absolute Gasteiger partial charge is 0.306 e. The van der Waals surface area contributed by atoms with Crippen molar-refractivity contribution >= 4 is 33.9 Å². The molecule has 15 heavy (non-hydrogen) atoms. The average molecular weight is 323 g/mol. The van der Waals surface area contributed by atoms with E-state index >= 15 is 0 Å². The van der Waals surface area contributed by atoms with Crippen LogP contribution in [0.4, 0.5) is 14.5 Å². The summed E-state index contributed by atoms with van der Waals surface area (Å²) in [5.74, 6) is -2.84. The van der Waals surface area contributed by atoms with Gasteiger partial charge in [-0.2, -0.15) is 8.78 Å². The van der Waals surface area contributed by atoms with Gasteiger partial charge in [0, 0.05) is 17.7 Å². The van der Waals surface area contributed by atoms with E-state index in [4.69, 9.17) is 0 Å². The monoisotopic (exact) mass is 323 g/mol. The Bertz CT molecular complexity index is 468. The first kappa shape index (κ1) is 10.5. The Kier molecular flexibility index (Phi) is 2.25. The van der Waals surface area contributed by atoms with Gasteiger partial charge in [-0.25, -0.2) is 0 Å². The van der Waals surface area contributed by atoms with Crippen molar-refractivity contribution in [3.63, 3.8) is 0 Å². The summed E-state index contributed by atoms with van der Waals surface area (Å²) < 4.78 is 25.8. The Morgan fingerprint density at radius 1 is 1.27 bits per heavy atom. The number of hydrogen-bond donors (Lipinski definition) is 0. The summed E-state index contributed by atoms with van der Waals surface area (Å²) in [6.45, 7) is 0. The number of nitro groups is 1. The number of hydrogen-bond acceptors (Lipinski definition) is 2. The molecule has 1 aliphatic rings. The Labute approximate surface area is 97.1 Å². The molecule has 1 aromatic carbocycles. The highest BCUT2D eigenvalue weighted by Crippen LogP contribution is 2.58. The van der Waals surface area contributed by atoms with Crippen LogP contribution in [0.1, 0.15) is 5.56 Å². The maximum atomic E-state index is 12.9. The highest BCUT2D eigenvalue weighted by Gasteiger charge is 2.55. The molecule has 0 radical (unpaired) electrons. The minimum Gasteiger partial charge on any atom is -0.258 e. The van der Waals surface area contributed by atoms with Crippen LogP contribution in [0.5, 0.6) is 0 Å². The minimum absolute atomic E-state index is 0.00829. The smallest absolute Gasteiger partial charge is 0.258 e. The molecule has 3 nitrogen and oxygen atoms in total. The fraction of sp³-hybridized carbons (Fsp3) is 0.111. The third kappa shape index (κ3) is 1.62. The van der Waals surface area contributed by atoms with Crippen molar-refractivity contribution in [3.05, 3.63) is 43.5 Å². The third-order valence-corrected chi connectivity index (χ3v) is 3.33. The number of benzene rings is 1. The van der Waals surface area contributed by atoms with Crippen molar-refractivity contribution in [1.29, 1.82) is 0 Å². The summed E-state index contributed by atoms with van der Waals surface area (Å²) in [5.41, 5.74) is 0.214. The lowest BCUT2D eigenvalue weighted by atomic mass is 10.1. The van der Waals surface area contributed by atoms with Gasteiger partial charge >= 0.3 is 5.92 Å². The van der Waals surface area contributed by atoms with E-state index in [0.29, 0.717) is 5.56 Å².